The van der Waals surface area contributed by atoms with Crippen molar-refractivity contribution < 1.29 is 8.95 Å². The fourth-order valence-electron chi connectivity index (χ4n) is 1.92. The van der Waals surface area contributed by atoms with E-state index in [1.165, 1.54) is 0 Å². The third-order valence-corrected chi connectivity index (χ3v) is 4.67. The predicted octanol–water partition coefficient (Wildman–Crippen LogP) is 2.60. The van der Waals surface area contributed by atoms with Crippen LogP contribution in [-0.2, 0) is 15.5 Å². The summed E-state index contributed by atoms with van der Waals surface area (Å²) in [5.74, 6) is 0.532. The predicted molar refractivity (Wildman–Crippen MR) is 70.7 cm³/mol. The largest absolute Gasteiger partial charge is 0.398 e. The first-order valence-electron chi connectivity index (χ1n) is 5.65. The summed E-state index contributed by atoms with van der Waals surface area (Å²) in [7, 11) is -1.07. The monoisotopic (exact) mass is 273 g/mol. The van der Waals surface area contributed by atoms with E-state index in [0.29, 0.717) is 21.4 Å². The van der Waals surface area contributed by atoms with Gasteiger partial charge in [0.25, 0.3) is 0 Å². The standard InChI is InChI=1S/C12H16ClNO2S/c1-8-2-3-9(16-8)7-17(15)10-4-5-12(14)11(13)6-10/h4-6,8-9H,2-3,7,14H2,1H3. The molecular weight excluding hydrogens is 258 g/mol. The quantitative estimate of drug-likeness (QED) is 0.862. The van der Waals surface area contributed by atoms with E-state index >= 15 is 0 Å². The zero-order valence-corrected chi connectivity index (χ0v) is 11.3. The molecule has 1 aliphatic heterocycles. The van der Waals surface area contributed by atoms with Crippen molar-refractivity contribution in [1.82, 2.24) is 0 Å². The Morgan fingerprint density at radius 1 is 1.53 bits per heavy atom. The summed E-state index contributed by atoms with van der Waals surface area (Å²) in [5.41, 5.74) is 6.13. The van der Waals surface area contributed by atoms with Crippen LogP contribution in [0.5, 0.6) is 0 Å². The normalized spacial score (nSPS) is 26.0. The second-order valence-corrected chi connectivity index (χ2v) is 6.24. The SMILES string of the molecule is CC1CCC(CS(=O)c2ccc(N)c(Cl)c2)O1. The van der Waals surface area contributed by atoms with E-state index in [2.05, 4.69) is 0 Å². The van der Waals surface area contributed by atoms with Crippen LogP contribution in [0.2, 0.25) is 5.02 Å². The second kappa shape index (κ2) is 5.38. The molecule has 1 aromatic carbocycles. The average molecular weight is 274 g/mol. The fourth-order valence-corrected chi connectivity index (χ4v) is 3.41. The number of halogens is 1. The van der Waals surface area contributed by atoms with Gasteiger partial charge in [0.05, 0.1) is 39.5 Å². The van der Waals surface area contributed by atoms with Crippen molar-refractivity contribution in [3.05, 3.63) is 23.2 Å². The Kier molecular flexibility index (Phi) is 4.07. The average Bonchev–Trinajstić information content (AvgIpc) is 2.68. The lowest BCUT2D eigenvalue weighted by molar-refractivity contribution is 0.0695. The Bertz CT molecular complexity index is 439. The number of benzene rings is 1. The molecule has 0 aliphatic carbocycles. The maximum absolute atomic E-state index is 12.1. The van der Waals surface area contributed by atoms with E-state index < -0.39 is 10.8 Å². The summed E-state index contributed by atoms with van der Waals surface area (Å²) in [5, 5.41) is 0.455. The van der Waals surface area contributed by atoms with Gasteiger partial charge < -0.3 is 10.5 Å². The maximum Gasteiger partial charge on any atom is 0.0698 e. The van der Waals surface area contributed by atoms with E-state index in [1.807, 2.05) is 6.92 Å². The van der Waals surface area contributed by atoms with Crippen LogP contribution < -0.4 is 5.73 Å². The van der Waals surface area contributed by atoms with Crippen molar-refractivity contribution in [2.75, 3.05) is 11.5 Å². The summed E-state index contributed by atoms with van der Waals surface area (Å²) in [4.78, 5) is 0.715. The summed E-state index contributed by atoms with van der Waals surface area (Å²) in [6.07, 6.45) is 2.41. The number of rotatable bonds is 3. The molecule has 1 heterocycles. The zero-order chi connectivity index (χ0) is 12.4. The molecule has 3 nitrogen and oxygen atoms in total. The van der Waals surface area contributed by atoms with Gasteiger partial charge in [-0.1, -0.05) is 11.6 Å². The van der Waals surface area contributed by atoms with Gasteiger partial charge in [0.1, 0.15) is 0 Å². The second-order valence-electron chi connectivity index (χ2n) is 4.34. The first kappa shape index (κ1) is 12.9. The molecule has 0 amide bonds. The van der Waals surface area contributed by atoms with Gasteiger partial charge in [-0.3, -0.25) is 4.21 Å². The highest BCUT2D eigenvalue weighted by molar-refractivity contribution is 7.85. The number of nitrogens with two attached hydrogens (primary N) is 1. The Balaban J connectivity index is 2.02. The molecule has 0 aromatic heterocycles. The molecule has 0 spiro atoms. The molecule has 0 radical (unpaired) electrons. The van der Waals surface area contributed by atoms with Crippen LogP contribution in [-0.4, -0.2) is 22.2 Å². The highest BCUT2D eigenvalue weighted by Crippen LogP contribution is 2.24. The molecule has 1 saturated heterocycles. The van der Waals surface area contributed by atoms with Gasteiger partial charge >= 0.3 is 0 Å². The number of ether oxygens (including phenoxy) is 1. The van der Waals surface area contributed by atoms with Gasteiger partial charge in [-0.25, -0.2) is 0 Å². The molecular formula is C12H16ClNO2S. The summed E-state index contributed by atoms with van der Waals surface area (Å²) in [6, 6.07) is 5.12. The van der Waals surface area contributed by atoms with Crippen molar-refractivity contribution in [3.63, 3.8) is 0 Å². The van der Waals surface area contributed by atoms with Crippen LogP contribution in [0.4, 0.5) is 5.69 Å². The number of hydrogen-bond acceptors (Lipinski definition) is 3. The lowest BCUT2D eigenvalue weighted by Gasteiger charge is -2.11. The first-order chi connectivity index (χ1) is 8.06. The number of nitrogen functional groups attached to an aromatic ring is 1. The summed E-state index contributed by atoms with van der Waals surface area (Å²) < 4.78 is 17.8. The highest BCUT2D eigenvalue weighted by Gasteiger charge is 2.24. The molecule has 3 atom stereocenters. The van der Waals surface area contributed by atoms with Crippen molar-refractivity contribution in [2.45, 2.75) is 36.9 Å². The Morgan fingerprint density at radius 2 is 2.29 bits per heavy atom. The molecule has 0 saturated carbocycles. The van der Waals surface area contributed by atoms with Crippen LogP contribution in [0.15, 0.2) is 23.1 Å². The van der Waals surface area contributed by atoms with Crippen LogP contribution in [0.3, 0.4) is 0 Å². The Hall–Kier alpha value is -0.580. The van der Waals surface area contributed by atoms with Crippen molar-refractivity contribution >= 4 is 28.1 Å². The Labute approximate surface area is 109 Å². The van der Waals surface area contributed by atoms with Gasteiger partial charge in [-0.15, -0.1) is 0 Å². The molecule has 94 valence electrons. The van der Waals surface area contributed by atoms with Crippen molar-refractivity contribution in [3.8, 4) is 0 Å². The first-order valence-corrected chi connectivity index (χ1v) is 7.35. The van der Waals surface area contributed by atoms with E-state index in [9.17, 15) is 4.21 Å². The highest BCUT2D eigenvalue weighted by atomic mass is 35.5. The third-order valence-electron chi connectivity index (χ3n) is 2.89. The van der Waals surface area contributed by atoms with Gasteiger partial charge in [0.15, 0.2) is 0 Å². The van der Waals surface area contributed by atoms with Crippen LogP contribution in [0.1, 0.15) is 19.8 Å². The molecule has 1 aliphatic rings. The third kappa shape index (κ3) is 3.21. The van der Waals surface area contributed by atoms with Gasteiger partial charge in [-0.05, 0) is 38.0 Å². The fraction of sp³-hybridized carbons (Fsp3) is 0.500. The van der Waals surface area contributed by atoms with Crippen LogP contribution in [0.25, 0.3) is 0 Å². The van der Waals surface area contributed by atoms with Crippen LogP contribution in [0, 0.1) is 0 Å². The minimum Gasteiger partial charge on any atom is -0.398 e. The minimum atomic E-state index is -1.07. The molecule has 3 unspecified atom stereocenters. The Morgan fingerprint density at radius 3 is 2.88 bits per heavy atom. The lowest BCUT2D eigenvalue weighted by Crippen LogP contribution is -2.17. The zero-order valence-electron chi connectivity index (χ0n) is 9.69. The topological polar surface area (TPSA) is 52.3 Å². The molecule has 17 heavy (non-hydrogen) atoms. The van der Waals surface area contributed by atoms with Gasteiger partial charge in [0.2, 0.25) is 0 Å². The smallest absolute Gasteiger partial charge is 0.0698 e. The van der Waals surface area contributed by atoms with Crippen molar-refractivity contribution in [1.29, 1.82) is 0 Å². The molecule has 1 aromatic rings. The molecule has 1 fully saturated rings. The number of anilines is 1. The summed E-state index contributed by atoms with van der Waals surface area (Å²) in [6.45, 7) is 2.04. The molecule has 2 N–H and O–H groups in total. The van der Waals surface area contributed by atoms with E-state index in [-0.39, 0.29) is 12.2 Å². The molecule has 5 heteroatoms. The van der Waals surface area contributed by atoms with Crippen molar-refractivity contribution in [2.24, 2.45) is 0 Å². The van der Waals surface area contributed by atoms with E-state index in [1.54, 1.807) is 18.2 Å². The minimum absolute atomic E-state index is 0.0992. The van der Waals surface area contributed by atoms with Gasteiger partial charge in [0, 0.05) is 4.90 Å². The van der Waals surface area contributed by atoms with E-state index in [4.69, 9.17) is 22.1 Å². The number of hydrogen-bond donors (Lipinski definition) is 1. The van der Waals surface area contributed by atoms with Gasteiger partial charge in [-0.2, -0.15) is 0 Å². The van der Waals surface area contributed by atoms with E-state index in [0.717, 1.165) is 12.8 Å². The molecule has 2 rings (SSSR count). The lowest BCUT2D eigenvalue weighted by atomic mass is 10.2. The summed E-state index contributed by atoms with van der Waals surface area (Å²) >= 11 is 5.91. The van der Waals surface area contributed by atoms with Crippen LogP contribution >= 0.6 is 11.6 Å². The maximum atomic E-state index is 12.1. The molecule has 0 bridgehead atoms.